The van der Waals surface area contributed by atoms with Gasteiger partial charge in [0.15, 0.2) is 0 Å². The van der Waals surface area contributed by atoms with Gasteiger partial charge in [-0.2, -0.15) is 0 Å². The van der Waals surface area contributed by atoms with Crippen molar-refractivity contribution in [3.63, 3.8) is 0 Å². The minimum absolute atomic E-state index is 0.0797. The molecule has 0 fully saturated rings. The summed E-state index contributed by atoms with van der Waals surface area (Å²) >= 11 is 6.62. The number of oxime groups is 1. The van der Waals surface area contributed by atoms with Crippen LogP contribution in [0.4, 0.5) is 0 Å². The van der Waals surface area contributed by atoms with E-state index in [1.54, 1.807) is 19.1 Å². The summed E-state index contributed by atoms with van der Waals surface area (Å²) in [5.74, 6) is -0.141. The molecule has 4 N–H and O–H groups in total. The van der Waals surface area contributed by atoms with Crippen molar-refractivity contribution >= 4 is 43.6 Å². The summed E-state index contributed by atoms with van der Waals surface area (Å²) in [6.45, 7) is 1.78. The molecule has 1 amide bonds. The van der Waals surface area contributed by atoms with Crippen LogP contribution in [0.15, 0.2) is 32.3 Å². The van der Waals surface area contributed by atoms with Crippen molar-refractivity contribution in [3.8, 4) is 0 Å². The maximum atomic E-state index is 12.0. The maximum Gasteiger partial charge on any atom is 0.252 e. The molecule has 0 saturated heterocycles. The minimum Gasteiger partial charge on any atom is -0.409 e. The number of halogens is 2. The molecule has 1 rings (SSSR count). The summed E-state index contributed by atoms with van der Waals surface area (Å²) in [4.78, 5) is 12.0. The normalized spacial score (nSPS) is 13.2. The highest BCUT2D eigenvalue weighted by Crippen LogP contribution is 2.21. The minimum atomic E-state index is -0.223. The Balaban J connectivity index is 2.73. The Hall–Kier alpha value is -1.08. The Morgan fingerprint density at radius 3 is 2.83 bits per heavy atom. The summed E-state index contributed by atoms with van der Waals surface area (Å²) in [5, 5.41) is 14.1. The maximum absolute atomic E-state index is 12.0. The lowest BCUT2D eigenvalue weighted by Crippen LogP contribution is -2.36. The van der Waals surface area contributed by atoms with Gasteiger partial charge in [-0.15, -0.1) is 0 Å². The quantitative estimate of drug-likeness (QED) is 0.325. The number of benzene rings is 1. The molecule has 1 unspecified atom stereocenters. The molecule has 18 heavy (non-hydrogen) atoms. The van der Waals surface area contributed by atoms with Crippen molar-refractivity contribution in [1.82, 2.24) is 5.32 Å². The number of nitrogens with zero attached hydrogens (tertiary/aromatic N) is 1. The second-order valence-electron chi connectivity index (χ2n) is 3.79. The molecule has 0 spiro atoms. The number of hydrogen-bond donors (Lipinski definition) is 3. The first-order valence-corrected chi connectivity index (χ1v) is 6.75. The molecule has 0 aliphatic carbocycles. The van der Waals surface area contributed by atoms with E-state index >= 15 is 0 Å². The van der Waals surface area contributed by atoms with Crippen LogP contribution >= 0.6 is 31.9 Å². The SMILES string of the molecule is CC(C/C(N)=N/O)NC(=O)c1cc(Br)ccc1Br. The molecule has 0 aliphatic rings. The Morgan fingerprint density at radius 1 is 1.56 bits per heavy atom. The Labute approximate surface area is 122 Å². The molecule has 5 nitrogen and oxygen atoms in total. The van der Waals surface area contributed by atoms with E-state index in [1.807, 2.05) is 6.07 Å². The molecular formula is C11H13Br2N3O2. The summed E-state index contributed by atoms with van der Waals surface area (Å²) in [7, 11) is 0. The molecule has 0 aromatic heterocycles. The second kappa shape index (κ2) is 6.75. The lowest BCUT2D eigenvalue weighted by atomic mass is 10.1. The van der Waals surface area contributed by atoms with E-state index in [2.05, 4.69) is 42.3 Å². The molecule has 98 valence electrons. The lowest BCUT2D eigenvalue weighted by molar-refractivity contribution is 0.0940. The molecule has 1 aromatic carbocycles. The van der Waals surface area contributed by atoms with Crippen molar-refractivity contribution in [2.45, 2.75) is 19.4 Å². The molecule has 0 saturated carbocycles. The van der Waals surface area contributed by atoms with Crippen molar-refractivity contribution in [3.05, 3.63) is 32.7 Å². The van der Waals surface area contributed by atoms with Crippen LogP contribution < -0.4 is 11.1 Å². The van der Waals surface area contributed by atoms with Gasteiger partial charge in [0.2, 0.25) is 0 Å². The Bertz CT molecular complexity index is 477. The van der Waals surface area contributed by atoms with Gasteiger partial charge in [0.05, 0.1) is 5.56 Å². The monoisotopic (exact) mass is 377 g/mol. The van der Waals surface area contributed by atoms with Crippen molar-refractivity contribution in [2.24, 2.45) is 10.9 Å². The molecule has 1 atom stereocenters. The highest BCUT2D eigenvalue weighted by Gasteiger charge is 2.14. The van der Waals surface area contributed by atoms with Gasteiger partial charge in [-0.3, -0.25) is 4.79 Å². The third kappa shape index (κ3) is 4.30. The molecule has 0 radical (unpaired) electrons. The topological polar surface area (TPSA) is 87.7 Å². The molecule has 0 bridgehead atoms. The number of nitrogens with one attached hydrogen (secondary N) is 1. The van der Waals surface area contributed by atoms with Crippen LogP contribution in [-0.4, -0.2) is 23.0 Å². The van der Waals surface area contributed by atoms with Crippen LogP contribution in [-0.2, 0) is 0 Å². The molecular weight excluding hydrogens is 366 g/mol. The van der Waals surface area contributed by atoms with E-state index in [0.717, 1.165) is 4.47 Å². The third-order valence-corrected chi connectivity index (χ3v) is 3.38. The highest BCUT2D eigenvalue weighted by molar-refractivity contribution is 9.11. The number of nitrogens with two attached hydrogens (primary N) is 1. The zero-order valence-corrected chi connectivity index (χ0v) is 12.8. The zero-order valence-electron chi connectivity index (χ0n) is 9.65. The van der Waals surface area contributed by atoms with E-state index in [-0.39, 0.29) is 24.2 Å². The van der Waals surface area contributed by atoms with Gasteiger partial charge in [-0.05, 0) is 41.1 Å². The van der Waals surface area contributed by atoms with Crippen molar-refractivity contribution in [1.29, 1.82) is 0 Å². The van der Waals surface area contributed by atoms with E-state index in [1.165, 1.54) is 0 Å². The third-order valence-electron chi connectivity index (χ3n) is 2.19. The number of hydrogen-bond acceptors (Lipinski definition) is 3. The fourth-order valence-electron chi connectivity index (χ4n) is 1.38. The van der Waals surface area contributed by atoms with Gasteiger partial charge >= 0.3 is 0 Å². The lowest BCUT2D eigenvalue weighted by Gasteiger charge is -2.13. The predicted molar refractivity (Wildman–Crippen MR) is 76.8 cm³/mol. The number of amidine groups is 1. The number of carbonyl (C=O) groups excluding carboxylic acids is 1. The second-order valence-corrected chi connectivity index (χ2v) is 5.56. The van der Waals surface area contributed by atoms with E-state index in [0.29, 0.717) is 10.0 Å². The Morgan fingerprint density at radius 2 is 2.22 bits per heavy atom. The highest BCUT2D eigenvalue weighted by atomic mass is 79.9. The van der Waals surface area contributed by atoms with Crippen molar-refractivity contribution < 1.29 is 10.0 Å². The fraction of sp³-hybridized carbons (Fsp3) is 0.273. The van der Waals surface area contributed by atoms with Gasteiger partial charge in [0.1, 0.15) is 5.84 Å². The number of carbonyl (C=O) groups is 1. The van der Waals surface area contributed by atoms with Crippen LogP contribution in [0.2, 0.25) is 0 Å². The van der Waals surface area contributed by atoms with E-state index in [4.69, 9.17) is 10.9 Å². The summed E-state index contributed by atoms with van der Waals surface area (Å²) in [6, 6.07) is 5.11. The van der Waals surface area contributed by atoms with Gasteiger partial charge in [0.25, 0.3) is 5.91 Å². The van der Waals surface area contributed by atoms with Gasteiger partial charge < -0.3 is 16.3 Å². The van der Waals surface area contributed by atoms with Crippen LogP contribution in [0.5, 0.6) is 0 Å². The van der Waals surface area contributed by atoms with Gasteiger partial charge in [-0.25, -0.2) is 0 Å². The van der Waals surface area contributed by atoms with Crippen LogP contribution in [0, 0.1) is 0 Å². The largest absolute Gasteiger partial charge is 0.409 e. The van der Waals surface area contributed by atoms with Crippen LogP contribution in [0.3, 0.4) is 0 Å². The van der Waals surface area contributed by atoms with Crippen molar-refractivity contribution in [2.75, 3.05) is 0 Å². The first-order valence-electron chi connectivity index (χ1n) is 5.16. The summed E-state index contributed by atoms with van der Waals surface area (Å²) in [5.41, 5.74) is 5.90. The van der Waals surface area contributed by atoms with E-state index in [9.17, 15) is 4.79 Å². The molecule has 1 aromatic rings. The molecule has 0 aliphatic heterocycles. The van der Waals surface area contributed by atoms with Crippen LogP contribution in [0.25, 0.3) is 0 Å². The zero-order chi connectivity index (χ0) is 13.7. The first-order chi connectivity index (χ1) is 8.43. The summed E-state index contributed by atoms with van der Waals surface area (Å²) in [6.07, 6.45) is 0.286. The van der Waals surface area contributed by atoms with Crippen LogP contribution in [0.1, 0.15) is 23.7 Å². The Kier molecular flexibility index (Phi) is 5.61. The van der Waals surface area contributed by atoms with Gasteiger partial charge in [-0.1, -0.05) is 21.1 Å². The van der Waals surface area contributed by atoms with Gasteiger partial charge in [0, 0.05) is 21.4 Å². The first kappa shape index (κ1) is 15.0. The summed E-state index contributed by atoms with van der Waals surface area (Å²) < 4.78 is 1.53. The predicted octanol–water partition coefficient (Wildman–Crippen LogP) is 2.47. The molecule has 0 heterocycles. The standard InChI is InChI=1S/C11H13Br2N3O2/c1-6(4-10(14)16-18)15-11(17)8-5-7(12)2-3-9(8)13/h2-3,5-6,18H,4H2,1H3,(H2,14,16)(H,15,17). The molecule has 7 heteroatoms. The van der Waals surface area contributed by atoms with E-state index < -0.39 is 0 Å². The fourth-order valence-corrected chi connectivity index (χ4v) is 2.17. The average molecular weight is 379 g/mol. The smallest absolute Gasteiger partial charge is 0.252 e. The average Bonchev–Trinajstić information content (AvgIpc) is 2.31. The number of amides is 1. The number of rotatable bonds is 4.